The van der Waals surface area contributed by atoms with E-state index in [9.17, 15) is 14.7 Å². The summed E-state index contributed by atoms with van der Waals surface area (Å²) in [6.07, 6.45) is 37.7. The Labute approximate surface area is 882 Å². The highest BCUT2D eigenvalue weighted by Crippen LogP contribution is 2.49. The second-order valence-electron chi connectivity index (χ2n) is 45.7. The van der Waals surface area contributed by atoms with Gasteiger partial charge in [-0.3, -0.25) is 9.59 Å². The lowest BCUT2D eigenvalue weighted by atomic mass is 10.1. The molecule has 0 amide bonds. The van der Waals surface area contributed by atoms with Crippen LogP contribution in [-0.2, 0) is 33.2 Å². The van der Waals surface area contributed by atoms with Gasteiger partial charge in [0.25, 0.3) is 0 Å². The molecule has 23 heteroatoms. The van der Waals surface area contributed by atoms with Gasteiger partial charge in [-0.05, 0) is 200 Å². The number of carbonyl (C=O) groups excluding carboxylic acids is 2. The number of benzene rings is 3. The van der Waals surface area contributed by atoms with Gasteiger partial charge in [-0.15, -0.1) is 0 Å². The Balaban J connectivity index is 0. The molecule has 816 valence electrons. The molecule has 0 aliphatic carbocycles. The van der Waals surface area contributed by atoms with Crippen molar-refractivity contribution in [2.45, 2.75) is 548 Å². The summed E-state index contributed by atoms with van der Waals surface area (Å²) in [4.78, 5) is 21.7. The van der Waals surface area contributed by atoms with Crippen molar-refractivity contribution in [2.24, 2.45) is 0 Å². The van der Waals surface area contributed by atoms with E-state index < -0.39 is 49.9 Å². The van der Waals surface area contributed by atoms with Crippen molar-refractivity contribution < 1.29 is 70.4 Å². The zero-order valence-electron chi connectivity index (χ0n) is 96.9. The molecule has 0 saturated carbocycles. The summed E-state index contributed by atoms with van der Waals surface area (Å²) >= 11 is 6.89. The van der Waals surface area contributed by atoms with Gasteiger partial charge in [-0.2, -0.15) is 0 Å². The van der Waals surface area contributed by atoms with Gasteiger partial charge in [0.05, 0.1) is 49.7 Å². The van der Waals surface area contributed by atoms with Gasteiger partial charge in [0, 0.05) is 62.1 Å². The molecular weight excluding hydrogens is 1960 g/mol. The molecule has 3 aromatic carbocycles. The zero-order chi connectivity index (χ0) is 106. The van der Waals surface area contributed by atoms with Crippen molar-refractivity contribution in [3.63, 3.8) is 0 Å². The first-order valence-electron chi connectivity index (χ1n) is 56.3. The Morgan fingerprint density at radius 2 is 0.453 bits per heavy atom. The number of phenolic OH excluding ortho intramolecular Hbond substituents is 2. The van der Waals surface area contributed by atoms with E-state index in [2.05, 4.69) is 281 Å². The maximum absolute atomic E-state index is 11.6. The molecule has 0 bridgehead atoms. The molecule has 0 radical (unpaired) electrons. The number of aromatic hydroxyl groups is 2. The van der Waals surface area contributed by atoms with E-state index in [-0.39, 0.29) is 23.7 Å². The number of aliphatic hydroxyl groups is 1. The molecule has 3 N–H and O–H groups in total. The number of ether oxygens (including phenoxy) is 4. The Morgan fingerprint density at radius 3 is 0.676 bits per heavy atom. The number of aliphatic hydroxyl groups excluding tert-OH is 1. The van der Waals surface area contributed by atoms with Crippen molar-refractivity contribution in [1.82, 2.24) is 0 Å². The molecule has 3 aromatic rings. The minimum absolute atomic E-state index is 0.0210. The van der Waals surface area contributed by atoms with Crippen LogP contribution in [0.15, 0.2) is 54.6 Å². The number of phenols is 2. The second-order valence-corrected chi connectivity index (χ2v) is 79.7. The van der Waals surface area contributed by atoms with Crippen molar-refractivity contribution >= 4 is 94.3 Å². The minimum Gasteiger partial charge on any atom is -0.508 e. The maximum atomic E-state index is 11.6. The minimum atomic E-state index is -1.74. The summed E-state index contributed by atoms with van der Waals surface area (Å²) < 4.78 is 63.7. The standard InChI is InChI=1S/C41H80O5Si2.C41H78O5Si2.C17H37BrOSi.C10H23BrOSi.C7H6O3/c2*1-33(2)47(34(3)4,35(5)6)45-29-23-19-15-13-17-21-27-43-40-26-25-39(32-42)41(31-40)44-28-22-18-14-16-20-24-30-46-48(36(7)8,37(9)10)38(11)12;1-15(2)20(16(3)4,17(5)6)19-14-12-10-8-7-9-11-13-18;1-8(2)13(9(3)4,10(5)6)12-7-11;8-4-5-1-2-6(9)3-7(5)10/h25-26,31,33-38,42H,13-24,27-30,32H2,1-12H3;25-26,31-38H,13-24,27-30H2,1-12H3;15-17H,7-14H2,1-6H3;8-10H,7H2,1-6H3;1-4,9-10H. The van der Waals surface area contributed by atoms with Crippen LogP contribution in [0.2, 0.25) is 99.7 Å². The van der Waals surface area contributed by atoms with Crippen molar-refractivity contribution in [3.8, 4) is 34.5 Å². The number of carbonyl (C=O) groups is 2. The second kappa shape index (κ2) is 78.0. The fourth-order valence-corrected chi connectivity index (χ4v) is 58.2. The largest absolute Gasteiger partial charge is 0.508 e. The monoisotopic (exact) mass is 2180 g/mol. The van der Waals surface area contributed by atoms with Gasteiger partial charge in [0.2, 0.25) is 8.32 Å². The molecule has 0 heterocycles. The molecule has 0 aliphatic heterocycles. The Morgan fingerprint density at radius 1 is 0.245 bits per heavy atom. The van der Waals surface area contributed by atoms with Gasteiger partial charge in [-0.25, -0.2) is 0 Å². The first-order valence-corrected chi connectivity index (χ1v) is 71.4. The third-order valence-corrected chi connectivity index (χ3v) is 68.4. The fourth-order valence-electron chi connectivity index (χ4n) is 24.0. The maximum Gasteiger partial charge on any atom is 0.201 e. The number of hydrogen-bond acceptors (Lipinski definition) is 15. The number of aldehydes is 2. The van der Waals surface area contributed by atoms with E-state index in [1.807, 2.05) is 36.4 Å². The van der Waals surface area contributed by atoms with Crippen LogP contribution in [-0.4, -0.2) is 148 Å². The van der Waals surface area contributed by atoms with Gasteiger partial charge < -0.3 is 60.8 Å². The van der Waals surface area contributed by atoms with Crippen LogP contribution in [0, 0.1) is 0 Å². The lowest BCUT2D eigenvalue weighted by Crippen LogP contribution is -2.47. The average Bonchev–Trinajstić information content (AvgIpc) is 0.824. The summed E-state index contributed by atoms with van der Waals surface area (Å²) in [5, 5.41) is 28.6. The Hall–Kier alpha value is -2.22. The summed E-state index contributed by atoms with van der Waals surface area (Å²) in [6.45, 7) is 92.0. The molecule has 0 atom stereocenters. The predicted octanol–water partition coefficient (Wildman–Crippen LogP) is 38.7. The van der Waals surface area contributed by atoms with Gasteiger partial charge in [-0.1, -0.05) is 410 Å². The smallest absolute Gasteiger partial charge is 0.201 e. The molecule has 0 aromatic heterocycles. The van der Waals surface area contributed by atoms with Crippen LogP contribution in [0.25, 0.3) is 0 Å². The van der Waals surface area contributed by atoms with E-state index in [1.165, 1.54) is 147 Å². The Bertz CT molecular complexity index is 3350. The van der Waals surface area contributed by atoms with E-state index in [4.69, 9.17) is 55.7 Å². The Kier molecular flexibility index (Phi) is 77.9. The molecule has 15 nitrogen and oxygen atoms in total. The van der Waals surface area contributed by atoms with Crippen molar-refractivity contribution in [1.29, 1.82) is 0 Å². The molecule has 0 saturated heterocycles. The van der Waals surface area contributed by atoms with E-state index in [0.29, 0.717) is 149 Å². The topological polar surface area (TPSA) is 187 Å². The van der Waals surface area contributed by atoms with Crippen LogP contribution in [0.1, 0.15) is 468 Å². The van der Waals surface area contributed by atoms with E-state index >= 15 is 0 Å². The van der Waals surface area contributed by atoms with Gasteiger partial charge in [0.15, 0.2) is 54.2 Å². The van der Waals surface area contributed by atoms with E-state index in [0.717, 1.165) is 131 Å². The van der Waals surface area contributed by atoms with Gasteiger partial charge in [0.1, 0.15) is 34.5 Å². The van der Waals surface area contributed by atoms with Crippen LogP contribution in [0.3, 0.4) is 0 Å². The van der Waals surface area contributed by atoms with Gasteiger partial charge >= 0.3 is 0 Å². The predicted molar refractivity (Wildman–Crippen MR) is 625 cm³/mol. The highest BCUT2D eigenvalue weighted by atomic mass is 79.9. The lowest BCUT2D eigenvalue weighted by molar-refractivity contribution is 0.111. The molecular formula is C116H224Br2O15Si6. The summed E-state index contributed by atoms with van der Waals surface area (Å²) in [5.74, 6) is 2.74. The first kappa shape index (κ1) is 139. The molecule has 0 unspecified atom stereocenters. The SMILES string of the molecule is CC(C)[Si](OCBr)(C(C)C)C(C)C.CC(C)[Si](OCCCCCCCCBr)(C(C)C)C(C)C.CC(C)[Si](OCCCCCCCCOc1ccc(C=O)c(OCCCCCCCCO[Si](C(C)C)(C(C)C)C(C)C)c1)(C(C)C)C(C)C.CC(C)[Si](OCCCCCCCCOc1ccc(CO)c(OCCCCCCCCO[Si](C(C)C)(C(C)C)C(C)C)c1)(C(C)C)C(C)C.O=Cc1ccc(O)cc1O. The van der Waals surface area contributed by atoms with Crippen molar-refractivity contribution in [2.75, 3.05) is 70.3 Å². The quantitative estimate of drug-likeness (QED) is 0.0209. The number of rotatable bonds is 76. The molecule has 0 spiro atoms. The fraction of sp³-hybridized carbons (Fsp3) is 0.828. The molecule has 139 heavy (non-hydrogen) atoms. The summed E-state index contributed by atoms with van der Waals surface area (Å²) in [7, 11) is -10.1. The zero-order valence-corrected chi connectivity index (χ0v) is 106. The summed E-state index contributed by atoms with van der Waals surface area (Å²) in [6, 6.07) is 15.2. The highest BCUT2D eigenvalue weighted by Gasteiger charge is 2.50. The number of unbranched alkanes of at least 4 members (excludes halogenated alkanes) is 25. The first-order chi connectivity index (χ1) is 65.5. The number of halogens is 2. The molecule has 3 rings (SSSR count). The normalized spacial score (nSPS) is 12.6. The number of hydrogen-bond donors (Lipinski definition) is 3. The molecule has 0 fully saturated rings. The highest BCUT2D eigenvalue weighted by molar-refractivity contribution is 9.09. The average molecular weight is 2190 g/mol. The third kappa shape index (κ3) is 49.4. The van der Waals surface area contributed by atoms with Crippen LogP contribution >= 0.6 is 31.9 Å². The van der Waals surface area contributed by atoms with E-state index in [1.54, 1.807) is 0 Å². The van der Waals surface area contributed by atoms with Crippen molar-refractivity contribution in [3.05, 3.63) is 71.3 Å². The van der Waals surface area contributed by atoms with Crippen LogP contribution in [0.4, 0.5) is 0 Å². The number of alkyl halides is 2. The molecule has 0 aliphatic rings. The van der Waals surface area contributed by atoms with Crippen LogP contribution < -0.4 is 18.9 Å². The summed E-state index contributed by atoms with van der Waals surface area (Å²) in [5.41, 5.74) is 14.3. The lowest BCUT2D eigenvalue weighted by Gasteiger charge is -2.42. The third-order valence-electron chi connectivity index (χ3n) is 30.5. The van der Waals surface area contributed by atoms with Crippen LogP contribution in [0.5, 0.6) is 34.5 Å².